The van der Waals surface area contributed by atoms with E-state index in [1.807, 2.05) is 0 Å². The fourth-order valence-corrected chi connectivity index (χ4v) is 4.65. The predicted octanol–water partition coefficient (Wildman–Crippen LogP) is 2.89. The molecule has 98 valence electrons. The van der Waals surface area contributed by atoms with Crippen LogP contribution in [0.5, 0.6) is 0 Å². The van der Waals surface area contributed by atoms with Crippen LogP contribution in [0.15, 0.2) is 0 Å². The molecule has 0 aromatic heterocycles. The number of hydrogen-bond acceptors (Lipinski definition) is 2. The molecular formula is C15H28N2. The van der Waals surface area contributed by atoms with Crippen molar-refractivity contribution in [2.24, 2.45) is 17.8 Å². The first-order chi connectivity index (χ1) is 8.38. The first kappa shape index (κ1) is 12.0. The highest BCUT2D eigenvalue weighted by Crippen LogP contribution is 2.44. The summed E-state index contributed by atoms with van der Waals surface area (Å²) in [5.74, 6) is 3.09. The third-order valence-electron chi connectivity index (χ3n) is 5.56. The van der Waals surface area contributed by atoms with Crippen molar-refractivity contribution in [3.05, 3.63) is 0 Å². The fourth-order valence-electron chi connectivity index (χ4n) is 4.65. The van der Waals surface area contributed by atoms with Crippen molar-refractivity contribution in [1.82, 2.24) is 10.6 Å². The van der Waals surface area contributed by atoms with Gasteiger partial charge in [0, 0.05) is 18.8 Å². The zero-order chi connectivity index (χ0) is 11.7. The highest BCUT2D eigenvalue weighted by Gasteiger charge is 2.43. The van der Waals surface area contributed by atoms with E-state index in [9.17, 15) is 0 Å². The summed E-state index contributed by atoms with van der Waals surface area (Å²) in [7, 11) is 0. The van der Waals surface area contributed by atoms with Gasteiger partial charge in [0.15, 0.2) is 0 Å². The lowest BCUT2D eigenvalue weighted by Crippen LogP contribution is -2.49. The van der Waals surface area contributed by atoms with E-state index in [1.54, 1.807) is 0 Å². The molecule has 0 aromatic carbocycles. The summed E-state index contributed by atoms with van der Waals surface area (Å²) in [6, 6.07) is 1.60. The normalized spacial score (nSPS) is 45.4. The molecule has 2 N–H and O–H groups in total. The molecule has 2 heteroatoms. The molecule has 0 amide bonds. The van der Waals surface area contributed by atoms with E-state index in [4.69, 9.17) is 0 Å². The fraction of sp³-hybridized carbons (Fsp3) is 1.00. The molecule has 2 nitrogen and oxygen atoms in total. The Labute approximate surface area is 106 Å². The quantitative estimate of drug-likeness (QED) is 0.787. The van der Waals surface area contributed by atoms with Gasteiger partial charge in [0.2, 0.25) is 0 Å². The summed E-state index contributed by atoms with van der Waals surface area (Å²) in [6.07, 6.45) is 11.8. The van der Waals surface area contributed by atoms with Crippen LogP contribution in [0, 0.1) is 17.8 Å². The largest absolute Gasteiger partial charge is 0.300 e. The van der Waals surface area contributed by atoms with Gasteiger partial charge in [0.25, 0.3) is 0 Å². The van der Waals surface area contributed by atoms with Crippen molar-refractivity contribution in [3.63, 3.8) is 0 Å². The lowest BCUT2D eigenvalue weighted by molar-refractivity contribution is 0.0912. The minimum absolute atomic E-state index is 0.795. The van der Waals surface area contributed by atoms with E-state index in [-0.39, 0.29) is 0 Å². The molecular weight excluding hydrogens is 208 g/mol. The van der Waals surface area contributed by atoms with Crippen LogP contribution in [-0.2, 0) is 0 Å². The van der Waals surface area contributed by atoms with E-state index in [0.717, 1.165) is 36.5 Å². The van der Waals surface area contributed by atoms with Crippen LogP contribution in [0.4, 0.5) is 0 Å². The van der Waals surface area contributed by atoms with Gasteiger partial charge in [-0.3, -0.25) is 5.32 Å². The molecule has 0 bridgehead atoms. The van der Waals surface area contributed by atoms with Crippen LogP contribution >= 0.6 is 0 Å². The Morgan fingerprint density at radius 2 is 2.00 bits per heavy atom. The van der Waals surface area contributed by atoms with Crippen molar-refractivity contribution in [2.45, 2.75) is 70.4 Å². The highest BCUT2D eigenvalue weighted by molar-refractivity contribution is 5.00. The van der Waals surface area contributed by atoms with E-state index in [2.05, 4.69) is 17.6 Å². The average Bonchev–Trinajstić information content (AvgIpc) is 2.84. The molecule has 1 saturated heterocycles. The van der Waals surface area contributed by atoms with Gasteiger partial charge in [-0.25, -0.2) is 0 Å². The van der Waals surface area contributed by atoms with E-state index >= 15 is 0 Å². The Morgan fingerprint density at radius 3 is 2.88 bits per heavy atom. The monoisotopic (exact) mass is 236 g/mol. The Balaban J connectivity index is 1.57. The van der Waals surface area contributed by atoms with Crippen LogP contribution in [0.3, 0.4) is 0 Å². The van der Waals surface area contributed by atoms with Gasteiger partial charge in [0.05, 0.1) is 0 Å². The third kappa shape index (κ3) is 2.39. The second-order valence-electron chi connectivity index (χ2n) is 6.54. The van der Waals surface area contributed by atoms with E-state index < -0.39 is 0 Å². The van der Waals surface area contributed by atoms with E-state index in [1.165, 1.54) is 51.4 Å². The molecule has 1 heterocycles. The zero-order valence-electron chi connectivity index (χ0n) is 11.3. The van der Waals surface area contributed by atoms with Gasteiger partial charge >= 0.3 is 0 Å². The molecule has 5 atom stereocenters. The first-order valence-electron chi connectivity index (χ1n) is 7.85. The van der Waals surface area contributed by atoms with Crippen molar-refractivity contribution in [2.75, 3.05) is 6.67 Å². The summed E-state index contributed by atoms with van der Waals surface area (Å²) in [5, 5.41) is 7.33. The summed E-state index contributed by atoms with van der Waals surface area (Å²) in [6.45, 7) is 3.38. The molecule has 0 aromatic rings. The van der Waals surface area contributed by atoms with Gasteiger partial charge < -0.3 is 5.32 Å². The number of nitrogens with one attached hydrogen (secondary N) is 2. The Morgan fingerprint density at radius 1 is 1.06 bits per heavy atom. The van der Waals surface area contributed by atoms with Gasteiger partial charge in [-0.2, -0.15) is 0 Å². The molecule has 0 radical (unpaired) electrons. The van der Waals surface area contributed by atoms with E-state index in [0.29, 0.717) is 0 Å². The topological polar surface area (TPSA) is 24.1 Å². The standard InChI is InChI=1S/C15H28N2/c1-2-3-4-11-5-7-13-12(9-11)6-8-14-15(13)17-10-16-14/h11-17H,2-10H2,1H3. The Hall–Kier alpha value is -0.0800. The number of rotatable bonds is 3. The maximum atomic E-state index is 3.70. The molecule has 2 aliphatic carbocycles. The van der Waals surface area contributed by atoms with Crippen LogP contribution < -0.4 is 10.6 Å². The SMILES string of the molecule is CCCCC1CCC2C(CCC3NCNC32)C1. The van der Waals surface area contributed by atoms with Gasteiger partial charge in [-0.05, 0) is 43.4 Å². The number of fused-ring (bicyclic) bond motifs is 3. The molecule has 0 spiro atoms. The van der Waals surface area contributed by atoms with Crippen molar-refractivity contribution in [3.8, 4) is 0 Å². The third-order valence-corrected chi connectivity index (χ3v) is 5.56. The Kier molecular flexibility index (Phi) is 3.72. The van der Waals surface area contributed by atoms with Crippen molar-refractivity contribution >= 4 is 0 Å². The van der Waals surface area contributed by atoms with Gasteiger partial charge in [-0.1, -0.05) is 32.6 Å². The average molecular weight is 236 g/mol. The Bertz CT molecular complexity index is 253. The maximum Gasteiger partial charge on any atom is 0.0459 e. The maximum absolute atomic E-state index is 3.70. The zero-order valence-corrected chi connectivity index (χ0v) is 11.3. The summed E-state index contributed by atoms with van der Waals surface area (Å²) < 4.78 is 0. The predicted molar refractivity (Wildman–Crippen MR) is 71.8 cm³/mol. The molecule has 1 aliphatic heterocycles. The highest BCUT2D eigenvalue weighted by atomic mass is 15.2. The second kappa shape index (κ2) is 5.27. The minimum Gasteiger partial charge on any atom is -0.300 e. The molecule has 3 aliphatic rings. The summed E-state index contributed by atoms with van der Waals surface area (Å²) in [4.78, 5) is 0. The van der Waals surface area contributed by atoms with Crippen LogP contribution in [0.25, 0.3) is 0 Å². The second-order valence-corrected chi connectivity index (χ2v) is 6.54. The number of hydrogen-bond donors (Lipinski definition) is 2. The van der Waals surface area contributed by atoms with Gasteiger partial charge in [0.1, 0.15) is 0 Å². The first-order valence-corrected chi connectivity index (χ1v) is 7.85. The molecule has 5 unspecified atom stereocenters. The summed E-state index contributed by atoms with van der Waals surface area (Å²) >= 11 is 0. The van der Waals surface area contributed by atoms with Crippen LogP contribution in [0.2, 0.25) is 0 Å². The molecule has 3 fully saturated rings. The van der Waals surface area contributed by atoms with Crippen LogP contribution in [-0.4, -0.2) is 18.8 Å². The summed E-state index contributed by atoms with van der Waals surface area (Å²) in [5.41, 5.74) is 0. The smallest absolute Gasteiger partial charge is 0.0459 e. The number of unbranched alkanes of at least 4 members (excludes halogenated alkanes) is 1. The molecule has 17 heavy (non-hydrogen) atoms. The van der Waals surface area contributed by atoms with Crippen molar-refractivity contribution in [1.29, 1.82) is 0 Å². The van der Waals surface area contributed by atoms with Gasteiger partial charge in [-0.15, -0.1) is 0 Å². The minimum atomic E-state index is 0.795. The molecule has 3 rings (SSSR count). The molecule has 2 saturated carbocycles. The lowest BCUT2D eigenvalue weighted by Gasteiger charge is -2.45. The van der Waals surface area contributed by atoms with Crippen molar-refractivity contribution < 1.29 is 0 Å². The van der Waals surface area contributed by atoms with Crippen LogP contribution in [0.1, 0.15) is 58.3 Å². The lowest BCUT2D eigenvalue weighted by atomic mass is 9.64.